The van der Waals surface area contributed by atoms with Gasteiger partial charge in [-0.25, -0.2) is 0 Å². The van der Waals surface area contributed by atoms with Crippen LogP contribution < -0.4 is 0 Å². The maximum Gasteiger partial charge on any atom is 0.182 e. The van der Waals surface area contributed by atoms with Gasteiger partial charge in [-0.1, -0.05) is 32.9 Å². The zero-order chi connectivity index (χ0) is 11.7. The van der Waals surface area contributed by atoms with Crippen LogP contribution in [-0.4, -0.2) is 5.78 Å². The molecule has 0 N–H and O–H groups in total. The molecule has 1 nitrogen and oxygen atoms in total. The van der Waals surface area contributed by atoms with Crippen molar-refractivity contribution in [2.75, 3.05) is 0 Å². The molecule has 1 heteroatoms. The highest BCUT2D eigenvalue weighted by Crippen LogP contribution is 2.66. The van der Waals surface area contributed by atoms with Gasteiger partial charge in [-0.05, 0) is 42.6 Å². The van der Waals surface area contributed by atoms with Crippen LogP contribution in [0, 0.1) is 22.7 Å². The minimum Gasteiger partial charge on any atom is -0.290 e. The zero-order valence-corrected chi connectivity index (χ0v) is 10.5. The molecule has 0 aromatic heterocycles. The largest absolute Gasteiger partial charge is 0.290 e. The lowest BCUT2D eigenvalue weighted by Gasteiger charge is -2.31. The minimum atomic E-state index is 0.00944. The van der Waals surface area contributed by atoms with Gasteiger partial charge in [-0.2, -0.15) is 0 Å². The second kappa shape index (κ2) is 2.69. The summed E-state index contributed by atoms with van der Waals surface area (Å²) >= 11 is 0. The summed E-state index contributed by atoms with van der Waals surface area (Å²) in [5, 5.41) is 0. The Morgan fingerprint density at radius 1 is 1.31 bits per heavy atom. The Bertz CT molecular complexity index is 427. The molecule has 3 aliphatic carbocycles. The summed E-state index contributed by atoms with van der Waals surface area (Å²) in [4.78, 5) is 11.8. The van der Waals surface area contributed by atoms with Crippen LogP contribution in [0.25, 0.3) is 0 Å². The summed E-state index contributed by atoms with van der Waals surface area (Å²) in [6.45, 7) is 11.0. The van der Waals surface area contributed by atoms with Crippen molar-refractivity contribution in [3.8, 4) is 0 Å². The predicted molar refractivity (Wildman–Crippen MR) is 64.9 cm³/mol. The fraction of sp³-hybridized carbons (Fsp3) is 0.667. The molecule has 0 aromatic rings. The van der Waals surface area contributed by atoms with Gasteiger partial charge in [-0.15, -0.1) is 0 Å². The molecule has 3 atom stereocenters. The quantitative estimate of drug-likeness (QED) is 0.566. The number of ketones is 1. The Morgan fingerprint density at radius 3 is 2.69 bits per heavy atom. The summed E-state index contributed by atoms with van der Waals surface area (Å²) in [6, 6.07) is 0. The highest BCUT2D eigenvalue weighted by Gasteiger charge is 2.58. The Hall–Kier alpha value is -0.850. The van der Waals surface area contributed by atoms with E-state index in [2.05, 4.69) is 27.4 Å². The molecule has 0 heterocycles. The van der Waals surface area contributed by atoms with Crippen molar-refractivity contribution in [2.24, 2.45) is 22.7 Å². The van der Waals surface area contributed by atoms with Gasteiger partial charge < -0.3 is 0 Å². The lowest BCUT2D eigenvalue weighted by molar-refractivity contribution is -0.111. The molecule has 3 aliphatic rings. The number of fused-ring (bicyclic) bond motifs is 3. The Balaban J connectivity index is 2.04. The van der Waals surface area contributed by atoms with Gasteiger partial charge in [-0.3, -0.25) is 4.79 Å². The molecule has 0 spiro atoms. The van der Waals surface area contributed by atoms with Crippen LogP contribution in [-0.2, 0) is 4.79 Å². The SMILES string of the molecule is C=C1C(=O)C=C2C[C@H]3CC(C)(C)C[C@H]3[C@]12C. The van der Waals surface area contributed by atoms with E-state index in [1.165, 1.54) is 18.4 Å². The average Bonchev–Trinajstić information content (AvgIpc) is 2.66. The van der Waals surface area contributed by atoms with Gasteiger partial charge in [0.05, 0.1) is 0 Å². The number of hydrogen-bond donors (Lipinski definition) is 0. The van der Waals surface area contributed by atoms with E-state index in [9.17, 15) is 4.79 Å². The van der Waals surface area contributed by atoms with Crippen molar-refractivity contribution in [1.82, 2.24) is 0 Å². The molecule has 0 bridgehead atoms. The lowest BCUT2D eigenvalue weighted by Crippen LogP contribution is -2.26. The van der Waals surface area contributed by atoms with Crippen LogP contribution >= 0.6 is 0 Å². The Kier molecular flexibility index (Phi) is 1.74. The van der Waals surface area contributed by atoms with Crippen molar-refractivity contribution >= 4 is 5.78 Å². The number of allylic oxidation sites excluding steroid dienone is 3. The maximum absolute atomic E-state index is 11.8. The van der Waals surface area contributed by atoms with Gasteiger partial charge in [0.1, 0.15) is 0 Å². The third-order valence-corrected chi connectivity index (χ3v) is 5.28. The molecular formula is C15H20O. The topological polar surface area (TPSA) is 17.1 Å². The number of carbonyl (C=O) groups excluding carboxylic acids is 1. The van der Waals surface area contributed by atoms with Crippen LogP contribution in [0.1, 0.15) is 40.0 Å². The van der Waals surface area contributed by atoms with Gasteiger partial charge >= 0.3 is 0 Å². The van der Waals surface area contributed by atoms with Crippen molar-refractivity contribution in [3.05, 3.63) is 23.8 Å². The molecule has 0 amide bonds. The molecule has 0 aromatic carbocycles. The Morgan fingerprint density at radius 2 is 2.00 bits per heavy atom. The molecule has 0 radical (unpaired) electrons. The van der Waals surface area contributed by atoms with E-state index in [0.717, 1.165) is 17.9 Å². The summed E-state index contributed by atoms with van der Waals surface area (Å²) in [5.74, 6) is 1.63. The lowest BCUT2D eigenvalue weighted by atomic mass is 9.71. The number of carbonyl (C=O) groups is 1. The Labute approximate surface area is 97.6 Å². The standard InChI is InChI=1S/C15H20O/c1-9-13(16)6-11-5-10-7-14(2,3)8-12(10)15(9,11)4/h6,10,12H,1,5,7-8H2,2-4H3/t10-,12+,15+/m0/s1. The first-order chi connectivity index (χ1) is 7.34. The van der Waals surface area contributed by atoms with Crippen LogP contribution in [0.15, 0.2) is 23.8 Å². The molecule has 2 saturated carbocycles. The van der Waals surface area contributed by atoms with Crippen LogP contribution in [0.4, 0.5) is 0 Å². The zero-order valence-electron chi connectivity index (χ0n) is 10.5. The molecule has 0 aliphatic heterocycles. The van der Waals surface area contributed by atoms with E-state index in [0.29, 0.717) is 11.3 Å². The van der Waals surface area contributed by atoms with E-state index in [1.807, 2.05) is 6.08 Å². The fourth-order valence-corrected chi connectivity index (χ4v) is 4.45. The third kappa shape index (κ3) is 1.04. The molecule has 2 fully saturated rings. The summed E-state index contributed by atoms with van der Waals surface area (Å²) in [6.07, 6.45) is 5.56. The van der Waals surface area contributed by atoms with Crippen molar-refractivity contribution in [1.29, 1.82) is 0 Å². The molecule has 16 heavy (non-hydrogen) atoms. The second-order valence-corrected chi connectivity index (χ2v) is 6.86. The van der Waals surface area contributed by atoms with Crippen molar-refractivity contribution < 1.29 is 4.79 Å². The molecule has 86 valence electrons. The normalized spacial score (nSPS) is 44.6. The highest BCUT2D eigenvalue weighted by molar-refractivity contribution is 6.09. The fourth-order valence-electron chi connectivity index (χ4n) is 4.45. The van der Waals surface area contributed by atoms with Crippen molar-refractivity contribution in [2.45, 2.75) is 40.0 Å². The first kappa shape index (κ1) is 10.3. The molecular weight excluding hydrogens is 196 g/mol. The first-order valence-electron chi connectivity index (χ1n) is 6.29. The highest BCUT2D eigenvalue weighted by atomic mass is 16.1. The predicted octanol–water partition coefficient (Wildman–Crippen LogP) is 3.51. The first-order valence-corrected chi connectivity index (χ1v) is 6.29. The van der Waals surface area contributed by atoms with E-state index in [1.54, 1.807) is 0 Å². The van der Waals surface area contributed by atoms with Gasteiger partial charge in [0, 0.05) is 11.0 Å². The van der Waals surface area contributed by atoms with Crippen LogP contribution in [0.2, 0.25) is 0 Å². The summed E-state index contributed by atoms with van der Waals surface area (Å²) < 4.78 is 0. The van der Waals surface area contributed by atoms with Gasteiger partial charge in [0.15, 0.2) is 5.78 Å². The smallest absolute Gasteiger partial charge is 0.182 e. The summed E-state index contributed by atoms with van der Waals surface area (Å²) in [7, 11) is 0. The summed E-state index contributed by atoms with van der Waals surface area (Å²) in [5.41, 5.74) is 2.69. The van der Waals surface area contributed by atoms with Crippen LogP contribution in [0.5, 0.6) is 0 Å². The number of rotatable bonds is 0. The monoisotopic (exact) mass is 216 g/mol. The molecule has 0 saturated heterocycles. The van der Waals surface area contributed by atoms with Crippen LogP contribution in [0.3, 0.4) is 0 Å². The van der Waals surface area contributed by atoms with E-state index < -0.39 is 0 Å². The third-order valence-electron chi connectivity index (χ3n) is 5.28. The van der Waals surface area contributed by atoms with Crippen molar-refractivity contribution in [3.63, 3.8) is 0 Å². The average molecular weight is 216 g/mol. The minimum absolute atomic E-state index is 0.00944. The van der Waals surface area contributed by atoms with E-state index in [4.69, 9.17) is 0 Å². The maximum atomic E-state index is 11.8. The molecule has 3 rings (SSSR count). The van der Waals surface area contributed by atoms with E-state index in [-0.39, 0.29) is 11.2 Å². The van der Waals surface area contributed by atoms with Gasteiger partial charge in [0.25, 0.3) is 0 Å². The van der Waals surface area contributed by atoms with E-state index >= 15 is 0 Å². The number of hydrogen-bond acceptors (Lipinski definition) is 1. The molecule has 0 unspecified atom stereocenters. The van der Waals surface area contributed by atoms with Gasteiger partial charge in [0.2, 0.25) is 0 Å². The second-order valence-electron chi connectivity index (χ2n) is 6.86.